The molecular weight excluding hydrogens is 289 g/mol. The van der Waals surface area contributed by atoms with Crippen molar-refractivity contribution in [3.8, 4) is 0 Å². The minimum Gasteiger partial charge on any atom is -0.353 e. The largest absolute Gasteiger partial charge is 0.353 e. The lowest BCUT2D eigenvalue weighted by Gasteiger charge is -2.35. The predicted molar refractivity (Wildman–Crippen MR) is 77.2 cm³/mol. The molecule has 0 aromatic carbocycles. The van der Waals surface area contributed by atoms with E-state index < -0.39 is 5.43 Å². The summed E-state index contributed by atoms with van der Waals surface area (Å²) in [4.78, 5) is 31.6. The van der Waals surface area contributed by atoms with Crippen molar-refractivity contribution in [3.63, 3.8) is 0 Å². The molecule has 8 heteroatoms. The number of H-pyrrole nitrogens is 1. The summed E-state index contributed by atoms with van der Waals surface area (Å²) in [5.41, 5.74) is -0.310. The maximum absolute atomic E-state index is 12.9. The number of hydrogen-bond donors (Lipinski definition) is 1. The molecular formula is C14H14FN5O2. The number of carbonyl (C=O) groups is 1. The molecule has 3 heterocycles. The summed E-state index contributed by atoms with van der Waals surface area (Å²) in [5.74, 6) is -0.0138. The van der Waals surface area contributed by atoms with Gasteiger partial charge in [0.2, 0.25) is 5.43 Å². The second-order valence-electron chi connectivity index (χ2n) is 4.92. The molecule has 1 aliphatic heterocycles. The number of hydrogen-bond acceptors (Lipinski definition) is 5. The minimum atomic E-state index is -0.397. The Kier molecular flexibility index (Phi) is 3.82. The second-order valence-corrected chi connectivity index (χ2v) is 4.92. The van der Waals surface area contributed by atoms with Gasteiger partial charge < -0.3 is 9.80 Å². The van der Waals surface area contributed by atoms with Crippen LogP contribution >= 0.6 is 0 Å². The zero-order chi connectivity index (χ0) is 15.5. The van der Waals surface area contributed by atoms with Gasteiger partial charge in [0.25, 0.3) is 5.91 Å². The number of piperazine rings is 1. The van der Waals surface area contributed by atoms with E-state index in [0.717, 1.165) is 6.20 Å². The van der Waals surface area contributed by atoms with Crippen molar-refractivity contribution in [1.82, 2.24) is 20.1 Å². The Bertz CT molecular complexity index is 723. The fourth-order valence-corrected chi connectivity index (χ4v) is 2.37. The summed E-state index contributed by atoms with van der Waals surface area (Å²) in [6, 6.07) is 2.97. The molecule has 0 unspecified atom stereocenters. The quantitative estimate of drug-likeness (QED) is 0.861. The molecule has 2 aromatic rings. The summed E-state index contributed by atoms with van der Waals surface area (Å²) >= 11 is 0. The van der Waals surface area contributed by atoms with E-state index >= 15 is 0 Å². The Balaban J connectivity index is 1.67. The van der Waals surface area contributed by atoms with E-state index in [0.29, 0.717) is 32.0 Å². The molecule has 114 valence electrons. The lowest BCUT2D eigenvalue weighted by molar-refractivity contribution is 0.0744. The van der Waals surface area contributed by atoms with Gasteiger partial charge in [0.15, 0.2) is 0 Å². The Morgan fingerprint density at radius 3 is 2.59 bits per heavy atom. The number of carbonyl (C=O) groups excluding carboxylic acids is 1. The highest BCUT2D eigenvalue weighted by Gasteiger charge is 2.24. The monoisotopic (exact) mass is 303 g/mol. The Morgan fingerprint density at radius 1 is 1.18 bits per heavy atom. The SMILES string of the molecule is O=C(c1c[nH]ncc1=O)N1CCN(c2ccc(F)cn2)CC1. The smallest absolute Gasteiger partial charge is 0.259 e. The zero-order valence-electron chi connectivity index (χ0n) is 11.7. The van der Waals surface area contributed by atoms with Crippen LogP contribution in [-0.2, 0) is 0 Å². The summed E-state index contributed by atoms with van der Waals surface area (Å²) < 4.78 is 12.9. The average Bonchev–Trinajstić information content (AvgIpc) is 2.56. The number of aromatic amines is 1. The Labute approximate surface area is 125 Å². The second kappa shape index (κ2) is 5.92. The highest BCUT2D eigenvalue weighted by atomic mass is 19.1. The van der Waals surface area contributed by atoms with Crippen molar-refractivity contribution in [3.05, 3.63) is 52.3 Å². The third-order valence-corrected chi connectivity index (χ3v) is 3.56. The van der Waals surface area contributed by atoms with Crippen molar-refractivity contribution < 1.29 is 9.18 Å². The molecule has 1 aliphatic rings. The van der Waals surface area contributed by atoms with Gasteiger partial charge in [-0.05, 0) is 12.1 Å². The van der Waals surface area contributed by atoms with Crippen LogP contribution in [0.15, 0.2) is 35.5 Å². The topological polar surface area (TPSA) is 82.2 Å². The summed E-state index contributed by atoms with van der Waals surface area (Å²) in [5, 5.41) is 6.08. The van der Waals surface area contributed by atoms with Crippen LogP contribution in [0.5, 0.6) is 0 Å². The highest BCUT2D eigenvalue weighted by molar-refractivity contribution is 5.93. The van der Waals surface area contributed by atoms with Crippen LogP contribution in [0.3, 0.4) is 0 Å². The van der Waals surface area contributed by atoms with Crippen LogP contribution in [-0.4, -0.2) is 52.2 Å². The average molecular weight is 303 g/mol. The molecule has 1 fully saturated rings. The molecule has 0 atom stereocenters. The molecule has 3 rings (SSSR count). The van der Waals surface area contributed by atoms with E-state index in [4.69, 9.17) is 0 Å². The minimum absolute atomic E-state index is 0.0864. The number of nitrogens with zero attached hydrogens (tertiary/aromatic N) is 4. The van der Waals surface area contributed by atoms with Gasteiger partial charge in [-0.25, -0.2) is 9.37 Å². The number of anilines is 1. The number of nitrogens with one attached hydrogen (secondary N) is 1. The van der Waals surface area contributed by atoms with Gasteiger partial charge in [0, 0.05) is 32.4 Å². The number of aromatic nitrogens is 3. The fraction of sp³-hybridized carbons (Fsp3) is 0.286. The van der Waals surface area contributed by atoms with Crippen LogP contribution < -0.4 is 10.3 Å². The highest BCUT2D eigenvalue weighted by Crippen LogP contribution is 2.14. The van der Waals surface area contributed by atoms with E-state index in [-0.39, 0.29) is 17.3 Å². The maximum Gasteiger partial charge on any atom is 0.259 e. The zero-order valence-corrected chi connectivity index (χ0v) is 11.7. The van der Waals surface area contributed by atoms with Crippen molar-refractivity contribution in [2.45, 2.75) is 0 Å². The normalized spacial score (nSPS) is 15.0. The van der Waals surface area contributed by atoms with Crippen molar-refractivity contribution in [2.24, 2.45) is 0 Å². The van der Waals surface area contributed by atoms with Gasteiger partial charge >= 0.3 is 0 Å². The molecule has 0 spiro atoms. The van der Waals surface area contributed by atoms with E-state index in [1.165, 1.54) is 18.5 Å². The van der Waals surface area contributed by atoms with E-state index in [1.54, 1.807) is 11.0 Å². The predicted octanol–water partition coefficient (Wildman–Crippen LogP) is 0.266. The number of halogens is 1. The van der Waals surface area contributed by atoms with E-state index in [1.807, 2.05) is 4.90 Å². The first kappa shape index (κ1) is 14.2. The van der Waals surface area contributed by atoms with Crippen LogP contribution in [0, 0.1) is 5.82 Å². The summed E-state index contributed by atoms with van der Waals surface area (Å²) in [6.45, 7) is 2.10. The standard InChI is InChI=1S/C14H14FN5O2/c15-10-1-2-13(16-7-10)19-3-5-20(6-4-19)14(22)11-8-17-18-9-12(11)21/h1-2,7-9H,3-6H2,(H,17,21). The van der Waals surface area contributed by atoms with Gasteiger partial charge in [-0.15, -0.1) is 0 Å². The number of pyridine rings is 1. The van der Waals surface area contributed by atoms with Gasteiger partial charge in [-0.2, -0.15) is 5.10 Å². The lowest BCUT2D eigenvalue weighted by atomic mass is 10.2. The molecule has 1 saturated heterocycles. The lowest BCUT2D eigenvalue weighted by Crippen LogP contribution is -2.49. The van der Waals surface area contributed by atoms with Gasteiger partial charge in [-0.3, -0.25) is 14.7 Å². The first-order chi connectivity index (χ1) is 10.6. The Morgan fingerprint density at radius 2 is 1.95 bits per heavy atom. The molecule has 1 N–H and O–H groups in total. The van der Waals surface area contributed by atoms with Crippen molar-refractivity contribution in [2.75, 3.05) is 31.1 Å². The maximum atomic E-state index is 12.9. The van der Waals surface area contributed by atoms with Crippen molar-refractivity contribution in [1.29, 1.82) is 0 Å². The van der Waals surface area contributed by atoms with E-state index in [9.17, 15) is 14.0 Å². The Hall–Kier alpha value is -2.77. The molecule has 1 amide bonds. The van der Waals surface area contributed by atoms with E-state index in [2.05, 4.69) is 15.2 Å². The number of amides is 1. The fourth-order valence-electron chi connectivity index (χ4n) is 2.37. The number of rotatable bonds is 2. The molecule has 2 aromatic heterocycles. The van der Waals surface area contributed by atoms with Gasteiger partial charge in [0.05, 0.1) is 12.4 Å². The van der Waals surface area contributed by atoms with Crippen LogP contribution in [0.4, 0.5) is 10.2 Å². The first-order valence-electron chi connectivity index (χ1n) is 6.84. The molecule has 0 aliphatic carbocycles. The third-order valence-electron chi connectivity index (χ3n) is 3.56. The van der Waals surface area contributed by atoms with Crippen molar-refractivity contribution >= 4 is 11.7 Å². The first-order valence-corrected chi connectivity index (χ1v) is 6.84. The molecule has 0 bridgehead atoms. The molecule has 22 heavy (non-hydrogen) atoms. The summed E-state index contributed by atoms with van der Waals surface area (Å²) in [7, 11) is 0. The molecule has 7 nitrogen and oxygen atoms in total. The van der Waals surface area contributed by atoms with Gasteiger partial charge in [0.1, 0.15) is 17.2 Å². The van der Waals surface area contributed by atoms with Crippen LogP contribution in [0.25, 0.3) is 0 Å². The summed E-state index contributed by atoms with van der Waals surface area (Å²) in [6.07, 6.45) is 3.58. The van der Waals surface area contributed by atoms with Crippen LogP contribution in [0.1, 0.15) is 10.4 Å². The van der Waals surface area contributed by atoms with Gasteiger partial charge in [-0.1, -0.05) is 0 Å². The molecule has 0 radical (unpaired) electrons. The molecule has 0 saturated carbocycles. The third kappa shape index (κ3) is 2.80. The van der Waals surface area contributed by atoms with Crippen LogP contribution in [0.2, 0.25) is 0 Å².